The summed E-state index contributed by atoms with van der Waals surface area (Å²) >= 11 is 7.18. The Bertz CT molecular complexity index is 1060. The van der Waals surface area contributed by atoms with Crippen molar-refractivity contribution in [3.8, 4) is 0 Å². The van der Waals surface area contributed by atoms with Gasteiger partial charge in [-0.2, -0.15) is 0 Å². The molecule has 2 aromatic heterocycles. The van der Waals surface area contributed by atoms with E-state index in [-0.39, 0.29) is 5.56 Å². The number of H-pyrrole nitrogens is 1. The Morgan fingerprint density at radius 2 is 1.41 bits per heavy atom. The maximum atomic E-state index is 10.5. The minimum absolute atomic E-state index is 0.102. The number of rotatable bonds is 3. The molecule has 0 saturated carbocycles. The maximum absolute atomic E-state index is 10.5. The van der Waals surface area contributed by atoms with Crippen LogP contribution in [0.15, 0.2) is 95.1 Å². The number of para-hydroxylation sites is 1. The molecule has 0 unspecified atom stereocenters. The van der Waals surface area contributed by atoms with Crippen molar-refractivity contribution in [2.45, 2.75) is 39.3 Å². The van der Waals surface area contributed by atoms with E-state index in [2.05, 4.69) is 19.9 Å². The molecular formula is C26H34ClN5OS. The summed E-state index contributed by atoms with van der Waals surface area (Å²) in [6.07, 6.45) is 5.75. The zero-order valence-corrected chi connectivity index (χ0v) is 22.0. The van der Waals surface area contributed by atoms with Gasteiger partial charge >= 0.3 is 0 Å². The third-order valence-electron chi connectivity index (χ3n) is 3.52. The summed E-state index contributed by atoms with van der Waals surface area (Å²) in [5.41, 5.74) is 7.27. The van der Waals surface area contributed by atoms with Crippen LogP contribution in [0.1, 0.15) is 39.1 Å². The van der Waals surface area contributed by atoms with Crippen LogP contribution < -0.4 is 11.3 Å². The summed E-state index contributed by atoms with van der Waals surface area (Å²) in [6, 6.07) is 22.6. The highest BCUT2D eigenvalue weighted by Gasteiger charge is 1.98. The third kappa shape index (κ3) is 14.8. The lowest BCUT2D eigenvalue weighted by molar-refractivity contribution is 0.940. The number of hydrogen-bond donors (Lipinski definition) is 2. The molecule has 0 amide bonds. The predicted molar refractivity (Wildman–Crippen MR) is 146 cm³/mol. The number of nitrogens with one attached hydrogen (secondary N) is 1. The van der Waals surface area contributed by atoms with Crippen molar-refractivity contribution in [2.75, 3.05) is 12.0 Å². The number of nitrogen functional groups attached to an aromatic ring is 1. The van der Waals surface area contributed by atoms with Crippen LogP contribution in [-0.4, -0.2) is 26.2 Å². The van der Waals surface area contributed by atoms with E-state index in [0.717, 1.165) is 17.9 Å². The molecule has 0 saturated heterocycles. The standard InChI is InChI=1S/C11H9ClN2.C6H7N.C5H6N2OS.2C2H6/c12-10-6-7-13-11(14-10)8-9-4-2-1-3-5-9;7-6-4-2-1-3-5-6;1-9-5-6-3-2-4(8)7-5;2*1-2/h1-7H,8H2;1-5H,7H2;2-3H,1H3,(H,6,7,8);2*1-2H3. The zero-order valence-electron chi connectivity index (χ0n) is 20.4. The van der Waals surface area contributed by atoms with Gasteiger partial charge in [-0.25, -0.2) is 15.0 Å². The predicted octanol–water partition coefficient (Wildman–Crippen LogP) is 6.53. The van der Waals surface area contributed by atoms with E-state index in [9.17, 15) is 4.79 Å². The van der Waals surface area contributed by atoms with E-state index in [1.165, 1.54) is 29.6 Å². The second-order valence-corrected chi connectivity index (χ2v) is 6.99. The number of thioether (sulfide) groups is 1. The van der Waals surface area contributed by atoms with Crippen molar-refractivity contribution in [3.63, 3.8) is 0 Å². The lowest BCUT2D eigenvalue weighted by atomic mass is 10.1. The number of benzene rings is 2. The molecule has 182 valence electrons. The average Bonchev–Trinajstić information content (AvgIpc) is 2.88. The number of aromatic nitrogens is 4. The quantitative estimate of drug-likeness (QED) is 0.144. The Hall–Kier alpha value is -3.16. The zero-order chi connectivity index (χ0) is 25.6. The molecule has 0 aliphatic rings. The van der Waals surface area contributed by atoms with Crippen molar-refractivity contribution in [1.29, 1.82) is 0 Å². The molecule has 0 aliphatic heterocycles. The van der Waals surface area contributed by atoms with Crippen LogP contribution in [0.3, 0.4) is 0 Å². The van der Waals surface area contributed by atoms with Crippen LogP contribution >= 0.6 is 23.4 Å². The van der Waals surface area contributed by atoms with Gasteiger partial charge in [0.25, 0.3) is 5.56 Å². The monoisotopic (exact) mass is 499 g/mol. The molecule has 6 nitrogen and oxygen atoms in total. The normalized spacial score (nSPS) is 8.76. The molecule has 4 aromatic rings. The molecule has 2 aromatic carbocycles. The van der Waals surface area contributed by atoms with Gasteiger partial charge in [-0.3, -0.25) is 4.79 Å². The number of aromatic amines is 1. The minimum atomic E-state index is -0.102. The minimum Gasteiger partial charge on any atom is -0.399 e. The smallest absolute Gasteiger partial charge is 0.251 e. The molecule has 0 aliphatic carbocycles. The van der Waals surface area contributed by atoms with Crippen LogP contribution in [0, 0.1) is 0 Å². The number of nitrogens with zero attached hydrogens (tertiary/aromatic N) is 3. The van der Waals surface area contributed by atoms with Crippen molar-refractivity contribution in [1.82, 2.24) is 19.9 Å². The molecule has 0 atom stereocenters. The summed E-state index contributed by atoms with van der Waals surface area (Å²) in [7, 11) is 0. The molecule has 3 N–H and O–H groups in total. The van der Waals surface area contributed by atoms with Gasteiger partial charge in [-0.1, -0.05) is 99.6 Å². The Labute approximate surface area is 212 Å². The second-order valence-electron chi connectivity index (χ2n) is 5.81. The largest absolute Gasteiger partial charge is 0.399 e. The molecule has 0 fully saturated rings. The van der Waals surface area contributed by atoms with Gasteiger partial charge in [0.2, 0.25) is 0 Å². The Morgan fingerprint density at radius 1 is 0.853 bits per heavy atom. The fourth-order valence-electron chi connectivity index (χ4n) is 2.15. The summed E-state index contributed by atoms with van der Waals surface area (Å²) < 4.78 is 0. The molecular weight excluding hydrogens is 466 g/mol. The van der Waals surface area contributed by atoms with E-state index in [1.54, 1.807) is 12.3 Å². The third-order valence-corrected chi connectivity index (χ3v) is 4.32. The van der Waals surface area contributed by atoms with Crippen molar-refractivity contribution in [3.05, 3.63) is 112 Å². The van der Waals surface area contributed by atoms with E-state index < -0.39 is 0 Å². The summed E-state index contributed by atoms with van der Waals surface area (Å²) in [4.78, 5) is 25.2. The van der Waals surface area contributed by atoms with Crippen LogP contribution in [0.4, 0.5) is 5.69 Å². The van der Waals surface area contributed by atoms with Gasteiger partial charge in [0.05, 0.1) is 0 Å². The number of halogens is 1. The Balaban J connectivity index is 0.000000472. The first-order valence-corrected chi connectivity index (χ1v) is 12.6. The van der Waals surface area contributed by atoms with Gasteiger partial charge in [0, 0.05) is 30.6 Å². The maximum Gasteiger partial charge on any atom is 0.251 e. The summed E-state index contributed by atoms with van der Waals surface area (Å²) in [5.74, 6) is 0.753. The molecule has 8 heteroatoms. The molecule has 2 heterocycles. The second kappa shape index (κ2) is 20.4. The summed E-state index contributed by atoms with van der Waals surface area (Å²) in [6.45, 7) is 8.00. The number of hydrogen-bond acceptors (Lipinski definition) is 6. The summed E-state index contributed by atoms with van der Waals surface area (Å²) in [5, 5.41) is 1.15. The average molecular weight is 500 g/mol. The van der Waals surface area contributed by atoms with E-state index in [0.29, 0.717) is 10.3 Å². The van der Waals surface area contributed by atoms with Crippen LogP contribution in [-0.2, 0) is 6.42 Å². The molecule has 0 spiro atoms. The van der Waals surface area contributed by atoms with Gasteiger partial charge in [0.15, 0.2) is 5.16 Å². The number of anilines is 1. The highest BCUT2D eigenvalue weighted by molar-refractivity contribution is 7.98. The lowest BCUT2D eigenvalue weighted by Gasteiger charge is -1.99. The van der Waals surface area contributed by atoms with Gasteiger partial charge < -0.3 is 10.7 Å². The lowest BCUT2D eigenvalue weighted by Crippen LogP contribution is -2.04. The van der Waals surface area contributed by atoms with Crippen molar-refractivity contribution >= 4 is 29.1 Å². The van der Waals surface area contributed by atoms with Gasteiger partial charge in [-0.05, 0) is 30.0 Å². The molecule has 0 radical (unpaired) electrons. The highest BCUT2D eigenvalue weighted by Crippen LogP contribution is 2.07. The van der Waals surface area contributed by atoms with E-state index in [4.69, 9.17) is 17.3 Å². The topological polar surface area (TPSA) is 97.5 Å². The fourth-order valence-corrected chi connectivity index (χ4v) is 2.67. The molecule has 4 rings (SSSR count). The highest BCUT2D eigenvalue weighted by atomic mass is 35.5. The first-order valence-electron chi connectivity index (χ1n) is 11.0. The molecule has 0 bridgehead atoms. The first kappa shape index (κ1) is 30.8. The Morgan fingerprint density at radius 3 is 1.85 bits per heavy atom. The van der Waals surface area contributed by atoms with Crippen LogP contribution in [0.5, 0.6) is 0 Å². The first-order chi connectivity index (χ1) is 16.6. The van der Waals surface area contributed by atoms with Gasteiger partial charge in [0.1, 0.15) is 11.0 Å². The van der Waals surface area contributed by atoms with Gasteiger partial charge in [-0.15, -0.1) is 0 Å². The Kier molecular flexibility index (Phi) is 18.5. The molecule has 34 heavy (non-hydrogen) atoms. The SMILES string of the molecule is CC.CC.CSc1nccc(=O)[nH]1.Clc1ccnc(Cc2ccccc2)n1.Nc1ccccc1. The fraction of sp³-hybridized carbons (Fsp3) is 0.231. The van der Waals surface area contributed by atoms with Crippen molar-refractivity contribution in [2.24, 2.45) is 0 Å². The van der Waals surface area contributed by atoms with Crippen molar-refractivity contribution < 1.29 is 0 Å². The van der Waals surface area contributed by atoms with E-state index >= 15 is 0 Å². The van der Waals surface area contributed by atoms with Crippen LogP contribution in [0.2, 0.25) is 5.15 Å². The van der Waals surface area contributed by atoms with Crippen LogP contribution in [0.25, 0.3) is 0 Å². The number of nitrogens with two attached hydrogens (primary N) is 1. The van der Waals surface area contributed by atoms with E-state index in [1.807, 2.05) is 94.6 Å².